The summed E-state index contributed by atoms with van der Waals surface area (Å²) in [5.41, 5.74) is 8.74. The Hall–Kier alpha value is -1.31. The summed E-state index contributed by atoms with van der Waals surface area (Å²) in [6.07, 6.45) is 4.33. The predicted octanol–water partition coefficient (Wildman–Crippen LogP) is 3.13. The molecule has 0 bridgehead atoms. The van der Waals surface area contributed by atoms with E-state index in [0.717, 1.165) is 11.3 Å². The molecule has 1 saturated carbocycles. The van der Waals surface area contributed by atoms with Crippen molar-refractivity contribution in [3.05, 3.63) is 29.3 Å². The molecule has 2 rings (SSSR count). The van der Waals surface area contributed by atoms with E-state index in [4.69, 9.17) is 5.73 Å². The molecule has 1 aliphatic rings. The summed E-state index contributed by atoms with van der Waals surface area (Å²) in [4.78, 5) is 11.5. The molecule has 0 spiro atoms. The zero-order chi connectivity index (χ0) is 10.8. The molecular formula is C13H17NO. The molecule has 0 unspecified atom stereocenters. The molecule has 2 N–H and O–H groups in total. The number of carbonyl (C=O) groups excluding carboxylic acids is 1. The summed E-state index contributed by atoms with van der Waals surface area (Å²) >= 11 is 0. The summed E-state index contributed by atoms with van der Waals surface area (Å²) in [6.45, 7) is 1.87. The first kappa shape index (κ1) is 10.2. The first-order valence-electron chi connectivity index (χ1n) is 5.65. The van der Waals surface area contributed by atoms with Gasteiger partial charge in [-0.3, -0.25) is 4.79 Å². The standard InChI is InChI=1S/C13H17NO/c1-2-13(15)10-6-7-11(12(14)8-10)9-4-3-5-9/h6-9H,2-5,14H2,1H3. The van der Waals surface area contributed by atoms with Crippen molar-refractivity contribution in [1.82, 2.24) is 0 Å². The van der Waals surface area contributed by atoms with Gasteiger partial charge in [-0.2, -0.15) is 0 Å². The van der Waals surface area contributed by atoms with Crippen molar-refractivity contribution in [1.29, 1.82) is 0 Å². The Kier molecular flexibility index (Phi) is 2.76. The largest absolute Gasteiger partial charge is 0.398 e. The number of ketones is 1. The van der Waals surface area contributed by atoms with Crippen molar-refractivity contribution in [2.24, 2.45) is 0 Å². The SMILES string of the molecule is CCC(=O)c1ccc(C2CCC2)c(N)c1. The van der Waals surface area contributed by atoms with Crippen molar-refractivity contribution >= 4 is 11.5 Å². The van der Waals surface area contributed by atoms with E-state index in [1.165, 1.54) is 24.8 Å². The highest BCUT2D eigenvalue weighted by molar-refractivity contribution is 5.96. The maximum absolute atomic E-state index is 11.5. The van der Waals surface area contributed by atoms with E-state index in [1.807, 2.05) is 25.1 Å². The molecule has 2 nitrogen and oxygen atoms in total. The van der Waals surface area contributed by atoms with Crippen molar-refractivity contribution in [3.8, 4) is 0 Å². The number of rotatable bonds is 3. The van der Waals surface area contributed by atoms with Crippen LogP contribution in [0, 0.1) is 0 Å². The van der Waals surface area contributed by atoms with Crippen LogP contribution in [0.4, 0.5) is 5.69 Å². The molecule has 0 radical (unpaired) electrons. The highest BCUT2D eigenvalue weighted by Gasteiger charge is 2.21. The molecule has 1 aromatic carbocycles. The van der Waals surface area contributed by atoms with E-state index in [2.05, 4.69) is 0 Å². The summed E-state index contributed by atoms with van der Waals surface area (Å²) in [6, 6.07) is 5.78. The Balaban J connectivity index is 2.25. The van der Waals surface area contributed by atoms with Gasteiger partial charge in [-0.25, -0.2) is 0 Å². The number of Topliss-reactive ketones (excluding diaryl/α,β-unsaturated/α-hetero) is 1. The molecule has 1 aliphatic carbocycles. The van der Waals surface area contributed by atoms with E-state index in [0.29, 0.717) is 12.3 Å². The zero-order valence-electron chi connectivity index (χ0n) is 9.12. The van der Waals surface area contributed by atoms with Crippen molar-refractivity contribution in [3.63, 3.8) is 0 Å². The van der Waals surface area contributed by atoms with Gasteiger partial charge in [0.2, 0.25) is 0 Å². The lowest BCUT2D eigenvalue weighted by Gasteiger charge is -2.27. The lowest BCUT2D eigenvalue weighted by Crippen LogP contribution is -2.11. The Morgan fingerprint density at radius 3 is 2.67 bits per heavy atom. The van der Waals surface area contributed by atoms with E-state index in [-0.39, 0.29) is 5.78 Å². The summed E-state index contributed by atoms with van der Waals surface area (Å²) < 4.78 is 0. The molecule has 80 valence electrons. The number of hydrogen-bond donors (Lipinski definition) is 1. The molecular weight excluding hydrogens is 186 g/mol. The van der Waals surface area contributed by atoms with Gasteiger partial charge in [-0.15, -0.1) is 0 Å². The molecule has 15 heavy (non-hydrogen) atoms. The van der Waals surface area contributed by atoms with Gasteiger partial charge < -0.3 is 5.73 Å². The number of benzene rings is 1. The van der Waals surface area contributed by atoms with Gasteiger partial charge in [-0.1, -0.05) is 25.5 Å². The lowest BCUT2D eigenvalue weighted by molar-refractivity contribution is 0.0988. The maximum Gasteiger partial charge on any atom is 0.162 e. The number of hydrogen-bond acceptors (Lipinski definition) is 2. The third kappa shape index (κ3) is 1.89. The van der Waals surface area contributed by atoms with Gasteiger partial charge in [-0.05, 0) is 30.4 Å². The molecule has 1 fully saturated rings. The normalized spacial score (nSPS) is 16.1. The minimum Gasteiger partial charge on any atom is -0.398 e. The summed E-state index contributed by atoms with van der Waals surface area (Å²) in [7, 11) is 0. The fraction of sp³-hybridized carbons (Fsp3) is 0.462. The molecule has 0 aliphatic heterocycles. The second kappa shape index (κ2) is 4.05. The van der Waals surface area contributed by atoms with Gasteiger partial charge in [0.15, 0.2) is 5.78 Å². The highest BCUT2D eigenvalue weighted by atomic mass is 16.1. The van der Waals surface area contributed by atoms with E-state index in [1.54, 1.807) is 0 Å². The van der Waals surface area contributed by atoms with Crippen molar-refractivity contribution in [2.45, 2.75) is 38.5 Å². The molecule has 0 aromatic heterocycles. The smallest absolute Gasteiger partial charge is 0.162 e. The Morgan fingerprint density at radius 2 is 2.20 bits per heavy atom. The first-order valence-corrected chi connectivity index (χ1v) is 5.65. The van der Waals surface area contributed by atoms with Crippen LogP contribution in [0.3, 0.4) is 0 Å². The van der Waals surface area contributed by atoms with Gasteiger partial charge in [0, 0.05) is 17.7 Å². The van der Waals surface area contributed by atoms with Crippen LogP contribution in [0.25, 0.3) is 0 Å². The topological polar surface area (TPSA) is 43.1 Å². The fourth-order valence-electron chi connectivity index (χ4n) is 2.04. The predicted molar refractivity (Wildman–Crippen MR) is 62.1 cm³/mol. The number of nitrogens with two attached hydrogens (primary N) is 1. The molecule has 1 aromatic rings. The van der Waals surface area contributed by atoms with Crippen LogP contribution < -0.4 is 5.73 Å². The summed E-state index contributed by atoms with van der Waals surface area (Å²) in [5, 5.41) is 0. The van der Waals surface area contributed by atoms with Crippen molar-refractivity contribution in [2.75, 3.05) is 5.73 Å². The summed E-state index contributed by atoms with van der Waals surface area (Å²) in [5.74, 6) is 0.803. The second-order valence-electron chi connectivity index (χ2n) is 4.25. The van der Waals surface area contributed by atoms with Gasteiger partial charge >= 0.3 is 0 Å². The quantitative estimate of drug-likeness (QED) is 0.605. The average Bonchev–Trinajstić information content (AvgIpc) is 2.17. The third-order valence-corrected chi connectivity index (χ3v) is 3.27. The van der Waals surface area contributed by atoms with Crippen LogP contribution >= 0.6 is 0 Å². The molecule has 0 saturated heterocycles. The van der Waals surface area contributed by atoms with E-state index in [9.17, 15) is 4.79 Å². The molecule has 0 heterocycles. The Bertz CT molecular complexity index is 380. The Morgan fingerprint density at radius 1 is 1.47 bits per heavy atom. The molecule has 0 amide bonds. The minimum atomic E-state index is 0.168. The van der Waals surface area contributed by atoms with Gasteiger partial charge in [0.25, 0.3) is 0 Å². The average molecular weight is 203 g/mol. The zero-order valence-corrected chi connectivity index (χ0v) is 9.12. The number of anilines is 1. The van der Waals surface area contributed by atoms with Crippen LogP contribution in [0.1, 0.15) is 54.4 Å². The second-order valence-corrected chi connectivity index (χ2v) is 4.25. The maximum atomic E-state index is 11.5. The van der Waals surface area contributed by atoms with Crippen LogP contribution in [0.5, 0.6) is 0 Å². The lowest BCUT2D eigenvalue weighted by atomic mass is 9.79. The monoisotopic (exact) mass is 203 g/mol. The third-order valence-electron chi connectivity index (χ3n) is 3.27. The van der Waals surface area contributed by atoms with E-state index < -0.39 is 0 Å². The van der Waals surface area contributed by atoms with Crippen molar-refractivity contribution < 1.29 is 4.79 Å². The van der Waals surface area contributed by atoms with Gasteiger partial charge in [0.05, 0.1) is 0 Å². The van der Waals surface area contributed by atoms with E-state index >= 15 is 0 Å². The minimum absolute atomic E-state index is 0.168. The van der Waals surface area contributed by atoms with Crippen LogP contribution in [-0.4, -0.2) is 5.78 Å². The molecule has 2 heteroatoms. The fourth-order valence-corrected chi connectivity index (χ4v) is 2.04. The highest BCUT2D eigenvalue weighted by Crippen LogP contribution is 2.39. The van der Waals surface area contributed by atoms with Crippen LogP contribution in [-0.2, 0) is 0 Å². The number of nitrogen functional groups attached to an aromatic ring is 1. The Labute approximate surface area is 90.5 Å². The molecule has 0 atom stereocenters. The van der Waals surface area contributed by atoms with Crippen LogP contribution in [0.2, 0.25) is 0 Å². The van der Waals surface area contributed by atoms with Gasteiger partial charge in [0.1, 0.15) is 0 Å². The first-order chi connectivity index (χ1) is 7.22. The van der Waals surface area contributed by atoms with Crippen LogP contribution in [0.15, 0.2) is 18.2 Å². The number of carbonyl (C=O) groups is 1.